The lowest BCUT2D eigenvalue weighted by Crippen LogP contribution is -2.07. The van der Waals surface area contributed by atoms with Crippen molar-refractivity contribution in [2.24, 2.45) is 0 Å². The van der Waals surface area contributed by atoms with Crippen molar-refractivity contribution in [2.45, 2.75) is 19.4 Å². The van der Waals surface area contributed by atoms with Crippen LogP contribution in [0.1, 0.15) is 30.6 Å². The highest BCUT2D eigenvalue weighted by atomic mass is 19.1. The topological polar surface area (TPSA) is 22.1 Å². The van der Waals surface area contributed by atoms with Crippen LogP contribution in [0.15, 0.2) is 48.8 Å². The van der Waals surface area contributed by atoms with Crippen molar-refractivity contribution < 1.29 is 9.13 Å². The fourth-order valence-corrected chi connectivity index (χ4v) is 1.79. The number of halogens is 1. The number of rotatable bonds is 5. The quantitative estimate of drug-likeness (QED) is 0.800. The Balaban J connectivity index is 2.27. The molecule has 0 aliphatic rings. The van der Waals surface area contributed by atoms with E-state index in [1.807, 2.05) is 12.1 Å². The molecule has 1 aromatic heterocycles. The van der Waals surface area contributed by atoms with E-state index in [4.69, 9.17) is 4.74 Å². The van der Waals surface area contributed by atoms with Crippen LogP contribution in [-0.2, 0) is 4.74 Å². The Morgan fingerprint density at radius 1 is 1.17 bits per heavy atom. The highest BCUT2D eigenvalue weighted by Crippen LogP contribution is 2.25. The molecule has 0 bridgehead atoms. The Labute approximate surface area is 106 Å². The van der Waals surface area contributed by atoms with Crippen molar-refractivity contribution in [2.75, 3.05) is 6.61 Å². The second-order valence-corrected chi connectivity index (χ2v) is 4.09. The van der Waals surface area contributed by atoms with Gasteiger partial charge in [-0.05, 0) is 30.2 Å². The van der Waals surface area contributed by atoms with Gasteiger partial charge in [0.2, 0.25) is 0 Å². The molecule has 0 radical (unpaired) electrons. The van der Waals surface area contributed by atoms with E-state index >= 15 is 0 Å². The number of benzene rings is 1. The van der Waals surface area contributed by atoms with Gasteiger partial charge in [0.15, 0.2) is 0 Å². The molecule has 2 aromatic rings. The third-order valence-electron chi connectivity index (χ3n) is 2.65. The molecule has 0 saturated heterocycles. The van der Waals surface area contributed by atoms with Crippen molar-refractivity contribution >= 4 is 0 Å². The molecule has 0 aliphatic heterocycles. The maximum atomic E-state index is 13.0. The van der Waals surface area contributed by atoms with Gasteiger partial charge >= 0.3 is 0 Å². The maximum absolute atomic E-state index is 13.0. The van der Waals surface area contributed by atoms with Gasteiger partial charge in [-0.1, -0.05) is 25.1 Å². The standard InChI is InChI=1S/C15H16FNO/c1-2-10-18-15(13-4-3-9-17-11-13)12-5-7-14(16)8-6-12/h3-9,11,15H,2,10H2,1H3. The van der Waals surface area contributed by atoms with E-state index in [-0.39, 0.29) is 11.9 Å². The van der Waals surface area contributed by atoms with Crippen molar-refractivity contribution in [3.8, 4) is 0 Å². The van der Waals surface area contributed by atoms with E-state index in [0.29, 0.717) is 6.61 Å². The average Bonchev–Trinajstić information content (AvgIpc) is 2.42. The second-order valence-electron chi connectivity index (χ2n) is 4.09. The summed E-state index contributed by atoms with van der Waals surface area (Å²) in [5.74, 6) is -0.237. The summed E-state index contributed by atoms with van der Waals surface area (Å²) >= 11 is 0. The molecule has 0 N–H and O–H groups in total. The van der Waals surface area contributed by atoms with Gasteiger partial charge in [0, 0.05) is 24.6 Å². The van der Waals surface area contributed by atoms with Crippen LogP contribution in [0.5, 0.6) is 0 Å². The molecule has 94 valence electrons. The molecule has 0 aliphatic carbocycles. The summed E-state index contributed by atoms with van der Waals surface area (Å²) in [6, 6.07) is 10.3. The molecule has 1 unspecified atom stereocenters. The SMILES string of the molecule is CCCOC(c1ccc(F)cc1)c1cccnc1. The lowest BCUT2D eigenvalue weighted by Gasteiger charge is -2.18. The molecule has 1 aromatic carbocycles. The van der Waals surface area contributed by atoms with Crippen LogP contribution in [0, 0.1) is 5.82 Å². The van der Waals surface area contributed by atoms with Gasteiger partial charge < -0.3 is 4.74 Å². The van der Waals surface area contributed by atoms with Crippen molar-refractivity contribution in [3.63, 3.8) is 0 Å². The Kier molecular flexibility index (Phi) is 4.42. The number of ether oxygens (including phenoxy) is 1. The third-order valence-corrected chi connectivity index (χ3v) is 2.65. The fourth-order valence-electron chi connectivity index (χ4n) is 1.79. The third kappa shape index (κ3) is 3.14. The zero-order chi connectivity index (χ0) is 12.8. The van der Waals surface area contributed by atoms with Gasteiger partial charge in [0.25, 0.3) is 0 Å². The Morgan fingerprint density at radius 3 is 2.56 bits per heavy atom. The van der Waals surface area contributed by atoms with Gasteiger partial charge in [0.1, 0.15) is 11.9 Å². The summed E-state index contributed by atoms with van der Waals surface area (Å²) in [4.78, 5) is 4.10. The average molecular weight is 245 g/mol. The molecular formula is C15H16FNO. The number of hydrogen-bond donors (Lipinski definition) is 0. The van der Waals surface area contributed by atoms with Gasteiger partial charge in [0.05, 0.1) is 0 Å². The summed E-state index contributed by atoms with van der Waals surface area (Å²) in [6.45, 7) is 2.72. The predicted octanol–water partition coefficient (Wildman–Crippen LogP) is 3.74. The first kappa shape index (κ1) is 12.7. The number of pyridine rings is 1. The molecule has 0 amide bonds. The van der Waals surface area contributed by atoms with Crippen molar-refractivity contribution in [1.29, 1.82) is 0 Å². The highest BCUT2D eigenvalue weighted by molar-refractivity contribution is 5.28. The molecule has 1 heterocycles. The minimum Gasteiger partial charge on any atom is -0.369 e. The van der Waals surface area contributed by atoms with Crippen LogP contribution in [0.25, 0.3) is 0 Å². The van der Waals surface area contributed by atoms with Crippen LogP contribution in [-0.4, -0.2) is 11.6 Å². The van der Waals surface area contributed by atoms with Crippen LogP contribution in [0.2, 0.25) is 0 Å². The van der Waals surface area contributed by atoms with E-state index in [1.165, 1.54) is 12.1 Å². The van der Waals surface area contributed by atoms with E-state index < -0.39 is 0 Å². The Hall–Kier alpha value is -1.74. The van der Waals surface area contributed by atoms with E-state index in [9.17, 15) is 4.39 Å². The second kappa shape index (κ2) is 6.26. The Bertz CT molecular complexity index is 470. The number of aromatic nitrogens is 1. The molecule has 3 heteroatoms. The molecule has 0 fully saturated rings. The lowest BCUT2D eigenvalue weighted by atomic mass is 10.0. The van der Waals surface area contributed by atoms with Crippen LogP contribution >= 0.6 is 0 Å². The zero-order valence-corrected chi connectivity index (χ0v) is 10.3. The summed E-state index contributed by atoms with van der Waals surface area (Å²) in [6.07, 6.45) is 4.27. The van der Waals surface area contributed by atoms with Crippen LogP contribution in [0.3, 0.4) is 0 Å². The fraction of sp³-hybridized carbons (Fsp3) is 0.267. The van der Waals surface area contributed by atoms with E-state index in [0.717, 1.165) is 17.5 Å². The normalized spacial score (nSPS) is 12.3. The predicted molar refractivity (Wildman–Crippen MR) is 68.7 cm³/mol. The molecule has 2 nitrogen and oxygen atoms in total. The highest BCUT2D eigenvalue weighted by Gasteiger charge is 2.14. The first-order valence-corrected chi connectivity index (χ1v) is 6.08. The summed E-state index contributed by atoms with van der Waals surface area (Å²) in [5, 5.41) is 0. The molecule has 18 heavy (non-hydrogen) atoms. The number of hydrogen-bond acceptors (Lipinski definition) is 2. The summed E-state index contributed by atoms with van der Waals surface area (Å²) in [5.41, 5.74) is 1.93. The van der Waals surface area contributed by atoms with Gasteiger partial charge in [-0.2, -0.15) is 0 Å². The molecule has 0 saturated carbocycles. The lowest BCUT2D eigenvalue weighted by molar-refractivity contribution is 0.0804. The molecular weight excluding hydrogens is 229 g/mol. The molecule has 0 spiro atoms. The smallest absolute Gasteiger partial charge is 0.123 e. The Morgan fingerprint density at radius 2 is 1.94 bits per heavy atom. The maximum Gasteiger partial charge on any atom is 0.123 e. The zero-order valence-electron chi connectivity index (χ0n) is 10.3. The molecule has 1 atom stereocenters. The summed E-state index contributed by atoms with van der Waals surface area (Å²) in [7, 11) is 0. The first-order valence-electron chi connectivity index (χ1n) is 6.08. The van der Waals surface area contributed by atoms with Crippen LogP contribution in [0.4, 0.5) is 4.39 Å². The van der Waals surface area contributed by atoms with E-state index in [2.05, 4.69) is 11.9 Å². The monoisotopic (exact) mass is 245 g/mol. The van der Waals surface area contributed by atoms with Crippen molar-refractivity contribution in [1.82, 2.24) is 4.98 Å². The largest absolute Gasteiger partial charge is 0.369 e. The minimum absolute atomic E-state index is 0.181. The van der Waals surface area contributed by atoms with Crippen molar-refractivity contribution in [3.05, 3.63) is 65.7 Å². The van der Waals surface area contributed by atoms with E-state index in [1.54, 1.807) is 24.5 Å². The summed E-state index contributed by atoms with van der Waals surface area (Å²) < 4.78 is 18.8. The number of nitrogens with zero attached hydrogens (tertiary/aromatic N) is 1. The van der Waals surface area contributed by atoms with Gasteiger partial charge in [-0.3, -0.25) is 4.98 Å². The van der Waals surface area contributed by atoms with Crippen LogP contribution < -0.4 is 0 Å². The first-order chi connectivity index (χ1) is 8.81. The molecule has 2 rings (SSSR count). The van der Waals surface area contributed by atoms with Gasteiger partial charge in [-0.15, -0.1) is 0 Å². The minimum atomic E-state index is -0.237. The van der Waals surface area contributed by atoms with Gasteiger partial charge in [-0.25, -0.2) is 4.39 Å².